The van der Waals surface area contributed by atoms with Crippen LogP contribution in [0.4, 0.5) is 0 Å². The van der Waals surface area contributed by atoms with Crippen LogP contribution in [0, 0.1) is 0 Å². The molecule has 6 nitrogen and oxygen atoms in total. The van der Waals surface area contributed by atoms with Crippen molar-refractivity contribution in [1.29, 1.82) is 0 Å². The lowest BCUT2D eigenvalue weighted by atomic mass is 10.3. The quantitative estimate of drug-likeness (QED) is 0.307. The van der Waals surface area contributed by atoms with Gasteiger partial charge in [-0.3, -0.25) is 9.59 Å². The number of carbonyl (C=O) groups is 2. The summed E-state index contributed by atoms with van der Waals surface area (Å²) in [6, 6.07) is 0. The van der Waals surface area contributed by atoms with Crippen molar-refractivity contribution in [3.05, 3.63) is 10.8 Å². The zero-order chi connectivity index (χ0) is 14.0. The highest BCUT2D eigenvalue weighted by molar-refractivity contribution is 9.11. The van der Waals surface area contributed by atoms with Crippen molar-refractivity contribution in [3.8, 4) is 0 Å². The first-order valence-corrected chi connectivity index (χ1v) is 8.50. The Balaban J connectivity index is 0.000000473. The van der Waals surface area contributed by atoms with Crippen LogP contribution < -0.4 is 0 Å². The summed E-state index contributed by atoms with van der Waals surface area (Å²) in [4.78, 5) is 21.2. The summed E-state index contributed by atoms with van der Waals surface area (Å²) >= 11 is 0. The third-order valence-electron chi connectivity index (χ3n) is 1.43. The number of aliphatic hydroxyl groups is 3. The molecular formula is C9H14O6S3. The summed E-state index contributed by atoms with van der Waals surface area (Å²) in [6.45, 7) is 1.52. The van der Waals surface area contributed by atoms with E-state index in [0.717, 1.165) is 0 Å². The summed E-state index contributed by atoms with van der Waals surface area (Å²) in [5.74, 6) is -4.48. The van der Waals surface area contributed by atoms with E-state index in [9.17, 15) is 9.59 Å². The van der Waals surface area contributed by atoms with Crippen molar-refractivity contribution >= 4 is 43.4 Å². The third-order valence-corrected chi connectivity index (χ3v) is 4.80. The average molecular weight is 314 g/mol. The molecule has 0 aromatic rings. The van der Waals surface area contributed by atoms with E-state index in [1.54, 1.807) is 31.4 Å². The van der Waals surface area contributed by atoms with Crippen molar-refractivity contribution in [2.75, 3.05) is 0 Å². The van der Waals surface area contributed by atoms with E-state index in [-0.39, 0.29) is 6.42 Å². The Morgan fingerprint density at radius 3 is 2.06 bits per heavy atom. The average Bonchev–Trinajstić information content (AvgIpc) is 2.84. The molecule has 0 amide bonds. The van der Waals surface area contributed by atoms with Crippen molar-refractivity contribution in [1.82, 2.24) is 0 Å². The van der Waals surface area contributed by atoms with Crippen LogP contribution in [0.2, 0.25) is 0 Å². The minimum Gasteiger partial charge on any atom is -0.393 e. The molecule has 1 aliphatic heterocycles. The number of hydrogen-bond acceptors (Lipinski definition) is 9. The molecule has 0 bridgehead atoms. The fourth-order valence-electron chi connectivity index (χ4n) is 0.633. The maximum Gasteiger partial charge on any atom is 0.313 e. The Labute approximate surface area is 116 Å². The molecule has 0 fully saturated rings. The molecule has 0 aromatic heterocycles. The van der Waals surface area contributed by atoms with Crippen molar-refractivity contribution in [3.63, 3.8) is 0 Å². The Hall–Kier alpha value is -0.190. The minimum atomic E-state index is -2.89. The number of ether oxygens (including phenoxy) is 1. The fourth-order valence-corrected chi connectivity index (χ4v) is 3.58. The lowest BCUT2D eigenvalue weighted by molar-refractivity contribution is -0.314. The van der Waals surface area contributed by atoms with Gasteiger partial charge in [0.15, 0.2) is 0 Å². The molecule has 1 heterocycles. The number of carbonyl (C=O) groups excluding carboxylic acids is 2. The number of rotatable bonds is 4. The van der Waals surface area contributed by atoms with Crippen LogP contribution in [-0.2, 0) is 14.3 Å². The van der Waals surface area contributed by atoms with Crippen LogP contribution in [0.1, 0.15) is 26.2 Å². The normalized spacial score (nSPS) is 13.8. The topological polar surface area (TPSA) is 104 Å². The maximum atomic E-state index is 10.7. The zero-order valence-corrected chi connectivity index (χ0v) is 12.0. The van der Waals surface area contributed by atoms with Gasteiger partial charge >= 0.3 is 11.9 Å². The molecule has 1 aliphatic rings. The van der Waals surface area contributed by atoms with Gasteiger partial charge in [0, 0.05) is 12.8 Å². The molecule has 0 aromatic carbocycles. The van der Waals surface area contributed by atoms with Gasteiger partial charge < -0.3 is 20.1 Å². The van der Waals surface area contributed by atoms with Gasteiger partial charge in [-0.25, -0.2) is 0 Å². The first-order valence-electron chi connectivity index (χ1n) is 4.89. The summed E-state index contributed by atoms with van der Waals surface area (Å²) < 4.78 is 4.18. The zero-order valence-electron chi connectivity index (χ0n) is 9.57. The molecule has 0 spiro atoms. The summed E-state index contributed by atoms with van der Waals surface area (Å²) in [5, 5.41) is 29.3. The summed E-state index contributed by atoms with van der Waals surface area (Å²) in [5.41, 5.74) is 0. The molecule has 3 N–H and O–H groups in total. The Kier molecular flexibility index (Phi) is 9.60. The largest absolute Gasteiger partial charge is 0.393 e. The second-order valence-corrected chi connectivity index (χ2v) is 6.86. The molecule has 0 saturated heterocycles. The maximum absolute atomic E-state index is 10.7. The van der Waals surface area contributed by atoms with Crippen molar-refractivity contribution in [2.24, 2.45) is 0 Å². The lowest BCUT2D eigenvalue weighted by Crippen LogP contribution is -2.28. The van der Waals surface area contributed by atoms with Gasteiger partial charge in [0.25, 0.3) is 5.97 Å². The van der Waals surface area contributed by atoms with E-state index >= 15 is 0 Å². The van der Waals surface area contributed by atoms with Crippen LogP contribution in [0.5, 0.6) is 0 Å². The predicted octanol–water partition coefficient (Wildman–Crippen LogP) is 1.38. The van der Waals surface area contributed by atoms with Gasteiger partial charge in [-0.1, -0.05) is 28.5 Å². The molecule has 0 aliphatic carbocycles. The van der Waals surface area contributed by atoms with Crippen molar-refractivity contribution in [2.45, 2.75) is 32.2 Å². The molecule has 18 heavy (non-hydrogen) atoms. The molecule has 0 radical (unpaired) electrons. The molecule has 104 valence electrons. The van der Waals surface area contributed by atoms with E-state index in [1.807, 2.05) is 0 Å². The summed E-state index contributed by atoms with van der Waals surface area (Å²) in [7, 11) is 5.34. The minimum absolute atomic E-state index is 0.0637. The smallest absolute Gasteiger partial charge is 0.313 e. The van der Waals surface area contributed by atoms with Gasteiger partial charge in [0.05, 0.1) is 6.42 Å². The van der Waals surface area contributed by atoms with Crippen molar-refractivity contribution < 1.29 is 29.6 Å². The van der Waals surface area contributed by atoms with Crippen LogP contribution in [0.15, 0.2) is 10.8 Å². The molecule has 0 atom stereocenters. The van der Waals surface area contributed by atoms with Gasteiger partial charge in [0.1, 0.15) is 0 Å². The van der Waals surface area contributed by atoms with E-state index < -0.39 is 30.8 Å². The Morgan fingerprint density at radius 2 is 1.72 bits per heavy atom. The molecule has 0 saturated carbocycles. The first kappa shape index (κ1) is 17.8. The van der Waals surface area contributed by atoms with E-state index in [4.69, 9.17) is 15.3 Å². The lowest BCUT2D eigenvalue weighted by Gasteiger charge is -2.12. The molecule has 9 heteroatoms. The van der Waals surface area contributed by atoms with Gasteiger partial charge in [-0.2, -0.15) is 0 Å². The standard InChI is InChI=1S/C7H12O6.C2H2S3/c1-2-5(8)13-6(9)3-4-7(10,11)12;1-2-4-5-3-1/h10-12H,2-4H2,1H3;1-2H. The van der Waals surface area contributed by atoms with Crippen LogP contribution >= 0.6 is 31.4 Å². The molecule has 1 rings (SSSR count). The second kappa shape index (κ2) is 9.70. The van der Waals surface area contributed by atoms with Crippen LogP contribution in [0.3, 0.4) is 0 Å². The van der Waals surface area contributed by atoms with Gasteiger partial charge in [0.2, 0.25) is 0 Å². The van der Waals surface area contributed by atoms with E-state index in [1.165, 1.54) is 6.92 Å². The molecular weight excluding hydrogens is 300 g/mol. The summed E-state index contributed by atoms with van der Waals surface area (Å²) in [6.07, 6.45) is -0.966. The monoisotopic (exact) mass is 314 g/mol. The number of hydrogen-bond donors (Lipinski definition) is 3. The highest BCUT2D eigenvalue weighted by Crippen LogP contribution is 2.42. The van der Waals surface area contributed by atoms with E-state index in [0.29, 0.717) is 0 Å². The fraction of sp³-hybridized carbons (Fsp3) is 0.556. The van der Waals surface area contributed by atoms with Crippen LogP contribution in [-0.4, -0.2) is 33.2 Å². The highest BCUT2D eigenvalue weighted by Gasteiger charge is 2.21. The predicted molar refractivity (Wildman–Crippen MR) is 71.9 cm³/mol. The highest BCUT2D eigenvalue weighted by atomic mass is 33.5. The Bertz CT molecular complexity index is 293. The second-order valence-electron chi connectivity index (χ2n) is 3.01. The molecule has 0 unspecified atom stereocenters. The SMILES string of the molecule is C1=CSSS1.CCC(=O)OC(=O)CCC(O)(O)O. The van der Waals surface area contributed by atoms with Gasteiger partial charge in [-0.05, 0) is 20.6 Å². The Morgan fingerprint density at radius 1 is 1.17 bits per heavy atom. The number of esters is 2. The first-order chi connectivity index (χ1) is 8.35. The van der Waals surface area contributed by atoms with Crippen LogP contribution in [0.25, 0.3) is 0 Å². The third kappa shape index (κ3) is 12.3. The van der Waals surface area contributed by atoms with Gasteiger partial charge in [-0.15, -0.1) is 0 Å². The van der Waals surface area contributed by atoms with E-state index in [2.05, 4.69) is 15.6 Å².